The van der Waals surface area contributed by atoms with Gasteiger partial charge in [-0.2, -0.15) is 0 Å². The molecule has 0 spiro atoms. The molecule has 2 N–H and O–H groups in total. The third-order valence-corrected chi connectivity index (χ3v) is 3.44. The van der Waals surface area contributed by atoms with Gasteiger partial charge in [-0.25, -0.2) is 0 Å². The Hall–Kier alpha value is -0.670. The van der Waals surface area contributed by atoms with Crippen molar-refractivity contribution in [1.29, 1.82) is 0 Å². The molecule has 0 heterocycles. The minimum atomic E-state index is 0.851. The molecule has 0 aliphatic heterocycles. The molecule has 0 radical (unpaired) electrons. The lowest BCUT2D eigenvalue weighted by Crippen LogP contribution is -1.94. The van der Waals surface area contributed by atoms with Crippen molar-refractivity contribution < 1.29 is 4.74 Å². The molecule has 0 fully saturated rings. The van der Waals surface area contributed by atoms with Crippen LogP contribution in [0.25, 0.3) is 0 Å². The van der Waals surface area contributed by atoms with E-state index in [1.54, 1.807) is 7.11 Å². The summed E-state index contributed by atoms with van der Waals surface area (Å²) < 4.78 is 5.00. The number of hydrogen-bond acceptors (Lipinski definition) is 3. The first-order valence-electron chi connectivity index (χ1n) is 5.22. The molecular formula is C12H19NOS. The maximum atomic E-state index is 5.98. The van der Waals surface area contributed by atoms with Gasteiger partial charge in [-0.05, 0) is 37.1 Å². The molecule has 1 rings (SSSR count). The summed E-state index contributed by atoms with van der Waals surface area (Å²) in [5.41, 5.74) is 8.07. The van der Waals surface area contributed by atoms with E-state index in [9.17, 15) is 0 Å². The lowest BCUT2D eigenvalue weighted by Gasteiger charge is -2.07. The van der Waals surface area contributed by atoms with Crippen molar-refractivity contribution in [3.63, 3.8) is 0 Å². The van der Waals surface area contributed by atoms with Gasteiger partial charge in [-0.1, -0.05) is 12.1 Å². The van der Waals surface area contributed by atoms with Crippen LogP contribution >= 0.6 is 11.8 Å². The largest absolute Gasteiger partial charge is 0.398 e. The molecule has 15 heavy (non-hydrogen) atoms. The fraction of sp³-hybridized carbons (Fsp3) is 0.500. The van der Waals surface area contributed by atoms with Crippen molar-refractivity contribution in [2.45, 2.75) is 24.7 Å². The molecule has 0 bridgehead atoms. The zero-order valence-electron chi connectivity index (χ0n) is 9.45. The summed E-state index contributed by atoms with van der Waals surface area (Å²) in [5.74, 6) is 1.11. The average Bonchev–Trinajstić information content (AvgIpc) is 2.24. The van der Waals surface area contributed by atoms with E-state index in [-0.39, 0.29) is 0 Å². The first-order valence-corrected chi connectivity index (χ1v) is 6.21. The summed E-state index contributed by atoms with van der Waals surface area (Å²) in [7, 11) is 1.74. The first-order chi connectivity index (χ1) is 7.25. The molecule has 1 aromatic carbocycles. The number of nitrogen functional groups attached to an aromatic ring is 1. The van der Waals surface area contributed by atoms with E-state index in [1.807, 2.05) is 24.8 Å². The molecular weight excluding hydrogens is 206 g/mol. The summed E-state index contributed by atoms with van der Waals surface area (Å²) >= 11 is 1.83. The predicted molar refractivity (Wildman–Crippen MR) is 67.4 cm³/mol. The summed E-state index contributed by atoms with van der Waals surface area (Å²) in [6, 6.07) is 6.19. The standard InChI is InChI=1S/C12H19NOS/c1-10-6-5-7-11(12(10)13)15-9-4-3-8-14-2/h5-7H,3-4,8-9,13H2,1-2H3. The smallest absolute Gasteiger partial charge is 0.0481 e. The highest BCUT2D eigenvalue weighted by molar-refractivity contribution is 7.99. The Labute approximate surface area is 96.2 Å². The van der Waals surface area contributed by atoms with E-state index in [4.69, 9.17) is 10.5 Å². The van der Waals surface area contributed by atoms with Crippen molar-refractivity contribution in [3.8, 4) is 0 Å². The van der Waals surface area contributed by atoms with E-state index >= 15 is 0 Å². The number of nitrogens with two attached hydrogens (primary N) is 1. The molecule has 84 valence electrons. The monoisotopic (exact) mass is 225 g/mol. The molecule has 2 nitrogen and oxygen atoms in total. The van der Waals surface area contributed by atoms with Crippen LogP contribution in [0.2, 0.25) is 0 Å². The topological polar surface area (TPSA) is 35.2 Å². The van der Waals surface area contributed by atoms with Crippen LogP contribution in [0.1, 0.15) is 18.4 Å². The summed E-state index contributed by atoms with van der Waals surface area (Å²) in [6.45, 7) is 2.90. The number of ether oxygens (including phenoxy) is 1. The fourth-order valence-corrected chi connectivity index (χ4v) is 2.37. The highest BCUT2D eigenvalue weighted by Crippen LogP contribution is 2.27. The molecule has 0 saturated carbocycles. The van der Waals surface area contributed by atoms with Gasteiger partial charge in [0.05, 0.1) is 0 Å². The van der Waals surface area contributed by atoms with Crippen LogP contribution in [0.15, 0.2) is 23.1 Å². The molecule has 1 aromatic rings. The Bertz CT molecular complexity index is 302. The molecule has 0 amide bonds. The van der Waals surface area contributed by atoms with Crippen molar-refractivity contribution >= 4 is 17.4 Å². The average molecular weight is 225 g/mol. The number of hydrogen-bond donors (Lipinski definition) is 1. The van der Waals surface area contributed by atoms with E-state index in [0.29, 0.717) is 0 Å². The van der Waals surface area contributed by atoms with Gasteiger partial charge in [0.1, 0.15) is 0 Å². The van der Waals surface area contributed by atoms with Crippen LogP contribution in [0.5, 0.6) is 0 Å². The van der Waals surface area contributed by atoms with Crippen LogP contribution in [-0.4, -0.2) is 19.5 Å². The van der Waals surface area contributed by atoms with E-state index in [2.05, 4.69) is 12.1 Å². The first kappa shape index (κ1) is 12.4. The van der Waals surface area contributed by atoms with Gasteiger partial charge in [0, 0.05) is 24.3 Å². The predicted octanol–water partition coefficient (Wildman–Crippen LogP) is 3.10. The van der Waals surface area contributed by atoms with Crippen molar-refractivity contribution in [2.75, 3.05) is 25.2 Å². The molecule has 0 unspecified atom stereocenters. The van der Waals surface area contributed by atoms with Crippen molar-refractivity contribution in [2.24, 2.45) is 0 Å². The lowest BCUT2D eigenvalue weighted by atomic mass is 10.2. The van der Waals surface area contributed by atoms with Gasteiger partial charge in [0.25, 0.3) is 0 Å². The quantitative estimate of drug-likeness (QED) is 0.459. The van der Waals surface area contributed by atoms with Gasteiger partial charge >= 0.3 is 0 Å². The van der Waals surface area contributed by atoms with E-state index < -0.39 is 0 Å². The highest BCUT2D eigenvalue weighted by Gasteiger charge is 2.01. The lowest BCUT2D eigenvalue weighted by molar-refractivity contribution is 0.194. The van der Waals surface area contributed by atoms with E-state index in [0.717, 1.165) is 30.0 Å². The van der Waals surface area contributed by atoms with Gasteiger partial charge in [-0.3, -0.25) is 0 Å². The SMILES string of the molecule is COCCCCSc1cccc(C)c1N. The number of aryl methyl sites for hydroxylation is 1. The number of benzene rings is 1. The third kappa shape index (κ3) is 4.14. The van der Waals surface area contributed by atoms with Crippen molar-refractivity contribution in [1.82, 2.24) is 0 Å². The zero-order valence-corrected chi connectivity index (χ0v) is 10.3. The highest BCUT2D eigenvalue weighted by atomic mass is 32.2. The van der Waals surface area contributed by atoms with Crippen molar-refractivity contribution in [3.05, 3.63) is 23.8 Å². The second-order valence-electron chi connectivity index (χ2n) is 3.54. The minimum Gasteiger partial charge on any atom is -0.398 e. The molecule has 0 saturated heterocycles. The summed E-state index contributed by atoms with van der Waals surface area (Å²) in [4.78, 5) is 1.20. The second-order valence-corrected chi connectivity index (χ2v) is 4.67. The third-order valence-electron chi connectivity index (χ3n) is 2.28. The van der Waals surface area contributed by atoms with Crippen LogP contribution in [0.3, 0.4) is 0 Å². The van der Waals surface area contributed by atoms with Gasteiger partial charge in [0.15, 0.2) is 0 Å². The molecule has 0 aliphatic carbocycles. The van der Waals surface area contributed by atoms with Crippen LogP contribution < -0.4 is 5.73 Å². The van der Waals surface area contributed by atoms with E-state index in [1.165, 1.54) is 11.3 Å². The van der Waals surface area contributed by atoms with Crippen LogP contribution in [0, 0.1) is 6.92 Å². The number of unbranched alkanes of at least 4 members (excludes halogenated alkanes) is 1. The Balaban J connectivity index is 2.34. The van der Waals surface area contributed by atoms with Gasteiger partial charge < -0.3 is 10.5 Å². The molecule has 3 heteroatoms. The Morgan fingerprint density at radius 1 is 1.33 bits per heavy atom. The van der Waals surface area contributed by atoms with Gasteiger partial charge in [-0.15, -0.1) is 11.8 Å². The number of rotatable bonds is 6. The Kier molecular flexibility index (Phi) is 5.58. The van der Waals surface area contributed by atoms with Gasteiger partial charge in [0.2, 0.25) is 0 Å². The minimum absolute atomic E-state index is 0.851. The number of thioether (sulfide) groups is 1. The number of anilines is 1. The molecule has 0 atom stereocenters. The number of para-hydroxylation sites is 1. The van der Waals surface area contributed by atoms with Crippen LogP contribution in [-0.2, 0) is 4.74 Å². The second kappa shape index (κ2) is 6.75. The maximum Gasteiger partial charge on any atom is 0.0481 e. The van der Waals surface area contributed by atoms with Crippen LogP contribution in [0.4, 0.5) is 5.69 Å². The molecule has 0 aliphatic rings. The Morgan fingerprint density at radius 3 is 2.87 bits per heavy atom. The fourth-order valence-electron chi connectivity index (χ4n) is 1.31. The maximum absolute atomic E-state index is 5.98. The summed E-state index contributed by atoms with van der Waals surface area (Å²) in [6.07, 6.45) is 2.29. The molecule has 0 aromatic heterocycles. The Morgan fingerprint density at radius 2 is 2.13 bits per heavy atom. The summed E-state index contributed by atoms with van der Waals surface area (Å²) in [5, 5.41) is 0. The zero-order chi connectivity index (χ0) is 11.1. The number of methoxy groups -OCH3 is 1. The normalized spacial score (nSPS) is 10.5.